The number of hydrogen-bond donors (Lipinski definition) is 0. The Morgan fingerprint density at radius 1 is 0.861 bits per heavy atom. The molecule has 3 aromatic carbocycles. The van der Waals surface area contributed by atoms with Crippen LogP contribution in [0.2, 0.25) is 0 Å². The maximum Gasteiger partial charge on any atom is 0.340 e. The number of hydrogen-bond acceptors (Lipinski definition) is 5. The number of rotatable bonds is 9. The molecule has 6 heteroatoms. The van der Waals surface area contributed by atoms with Crippen molar-refractivity contribution in [2.24, 2.45) is 0 Å². The van der Waals surface area contributed by atoms with Gasteiger partial charge in [0.15, 0.2) is 0 Å². The smallest absolute Gasteiger partial charge is 0.340 e. The van der Waals surface area contributed by atoms with Gasteiger partial charge >= 0.3 is 5.97 Å². The highest BCUT2D eigenvalue weighted by atomic mass is 16.5. The molecule has 0 radical (unpaired) electrons. The molecule has 0 fully saturated rings. The zero-order valence-electron chi connectivity index (χ0n) is 20.7. The van der Waals surface area contributed by atoms with E-state index in [-0.39, 0.29) is 23.7 Å². The van der Waals surface area contributed by atoms with Crippen molar-refractivity contribution < 1.29 is 23.8 Å². The molecular formula is C30H29NO5. The van der Waals surface area contributed by atoms with Gasteiger partial charge in [-0.2, -0.15) is 0 Å². The topological polar surface area (TPSA) is 65.1 Å². The molecule has 36 heavy (non-hydrogen) atoms. The fourth-order valence-corrected chi connectivity index (χ4v) is 4.05. The fraction of sp³-hybridized carbons (Fsp3) is 0.200. The Bertz CT molecular complexity index is 1290. The van der Waals surface area contributed by atoms with Crippen LogP contribution in [0.3, 0.4) is 0 Å². The molecule has 184 valence electrons. The Morgan fingerprint density at radius 2 is 1.61 bits per heavy atom. The van der Waals surface area contributed by atoms with Crippen LogP contribution in [0.1, 0.15) is 31.9 Å². The molecule has 0 saturated carbocycles. The molecule has 0 spiro atoms. The summed E-state index contributed by atoms with van der Waals surface area (Å²) in [7, 11) is 0. The molecule has 0 N–H and O–H groups in total. The Labute approximate surface area is 211 Å². The van der Waals surface area contributed by atoms with Crippen LogP contribution in [0.5, 0.6) is 11.5 Å². The van der Waals surface area contributed by atoms with Crippen LogP contribution in [0.25, 0.3) is 6.08 Å². The van der Waals surface area contributed by atoms with Gasteiger partial charge < -0.3 is 14.2 Å². The van der Waals surface area contributed by atoms with Gasteiger partial charge in [0.2, 0.25) is 0 Å². The van der Waals surface area contributed by atoms with Gasteiger partial charge in [0, 0.05) is 11.4 Å². The first kappa shape index (κ1) is 24.8. The van der Waals surface area contributed by atoms with Gasteiger partial charge in [0.1, 0.15) is 18.1 Å². The summed E-state index contributed by atoms with van der Waals surface area (Å²) in [4.78, 5) is 28.0. The monoisotopic (exact) mass is 483 g/mol. The molecule has 1 heterocycles. The van der Waals surface area contributed by atoms with E-state index in [0.717, 1.165) is 11.1 Å². The van der Waals surface area contributed by atoms with Crippen LogP contribution in [0.15, 0.2) is 95.7 Å². The Morgan fingerprint density at radius 3 is 2.31 bits per heavy atom. The van der Waals surface area contributed by atoms with Crippen molar-refractivity contribution in [1.29, 1.82) is 0 Å². The molecule has 0 aromatic heterocycles. The molecule has 1 aliphatic heterocycles. The normalized spacial score (nSPS) is 14.4. The molecule has 3 aromatic rings. The number of carbonyl (C=O) groups excluding carboxylic acids is 2. The molecule has 1 amide bonds. The van der Waals surface area contributed by atoms with Crippen molar-refractivity contribution in [2.75, 3.05) is 18.1 Å². The van der Waals surface area contributed by atoms with Gasteiger partial charge in [-0.15, -0.1) is 0 Å². The van der Waals surface area contributed by atoms with Crippen LogP contribution < -0.4 is 14.4 Å². The largest absolute Gasteiger partial charge is 0.494 e. The maximum absolute atomic E-state index is 13.6. The summed E-state index contributed by atoms with van der Waals surface area (Å²) >= 11 is 0. The predicted octanol–water partition coefficient (Wildman–Crippen LogP) is 5.93. The number of nitrogens with zero attached hydrogens (tertiary/aromatic N) is 1. The third-order valence-electron chi connectivity index (χ3n) is 5.70. The van der Waals surface area contributed by atoms with E-state index < -0.39 is 5.97 Å². The van der Waals surface area contributed by atoms with Crippen molar-refractivity contribution in [1.82, 2.24) is 0 Å². The molecule has 4 rings (SSSR count). The number of benzene rings is 3. The minimum absolute atomic E-state index is 0.211. The molecule has 0 bridgehead atoms. The minimum atomic E-state index is -0.528. The highest BCUT2D eigenvalue weighted by Gasteiger charge is 2.38. The van der Waals surface area contributed by atoms with Crippen LogP contribution in [0.4, 0.5) is 5.69 Å². The highest BCUT2D eigenvalue weighted by Crippen LogP contribution is 2.36. The van der Waals surface area contributed by atoms with E-state index in [1.807, 2.05) is 61.5 Å². The Kier molecular flexibility index (Phi) is 7.85. The molecule has 6 nitrogen and oxygen atoms in total. The van der Waals surface area contributed by atoms with Crippen LogP contribution in [-0.2, 0) is 20.9 Å². The van der Waals surface area contributed by atoms with Gasteiger partial charge in [0.05, 0.1) is 24.4 Å². The average Bonchev–Trinajstić information content (AvgIpc) is 3.13. The molecule has 0 aliphatic carbocycles. The van der Waals surface area contributed by atoms with Crippen molar-refractivity contribution in [3.05, 3.63) is 107 Å². The first-order valence-corrected chi connectivity index (χ1v) is 12.0. The molecule has 1 aliphatic rings. The summed E-state index contributed by atoms with van der Waals surface area (Å²) in [6, 6.07) is 24.5. The van der Waals surface area contributed by atoms with E-state index in [1.54, 1.807) is 44.2 Å². The standard InChI is InChI=1S/C30H29NO5/c1-4-34-25-16-14-24(15-17-25)31-21(3)28(30(33)35-5-2)27(29(31)32)19-23-12-9-13-26(18-23)36-20-22-10-7-6-8-11-22/h6-19H,4-5,20H2,1-3H3/b27-19-. The summed E-state index contributed by atoms with van der Waals surface area (Å²) in [6.07, 6.45) is 1.71. The van der Waals surface area contributed by atoms with Crippen molar-refractivity contribution >= 4 is 23.6 Å². The number of esters is 1. The summed E-state index contributed by atoms with van der Waals surface area (Å²) in [6.45, 7) is 6.60. The second-order valence-electron chi connectivity index (χ2n) is 8.15. The fourth-order valence-electron chi connectivity index (χ4n) is 4.05. The lowest BCUT2D eigenvalue weighted by Crippen LogP contribution is -2.24. The predicted molar refractivity (Wildman–Crippen MR) is 140 cm³/mol. The van der Waals surface area contributed by atoms with E-state index >= 15 is 0 Å². The van der Waals surface area contributed by atoms with Gasteiger partial charge in [-0.25, -0.2) is 4.79 Å². The minimum Gasteiger partial charge on any atom is -0.494 e. The molecule has 0 saturated heterocycles. The quantitative estimate of drug-likeness (QED) is 0.279. The Hall–Kier alpha value is -4.32. The zero-order valence-corrected chi connectivity index (χ0v) is 20.7. The number of allylic oxidation sites excluding steroid dienone is 1. The van der Waals surface area contributed by atoms with Gasteiger partial charge in [0.25, 0.3) is 5.91 Å². The van der Waals surface area contributed by atoms with Gasteiger partial charge in [-0.3, -0.25) is 9.69 Å². The van der Waals surface area contributed by atoms with Gasteiger partial charge in [-0.1, -0.05) is 42.5 Å². The number of anilines is 1. The van der Waals surface area contributed by atoms with E-state index in [0.29, 0.717) is 36.1 Å². The van der Waals surface area contributed by atoms with Crippen LogP contribution >= 0.6 is 0 Å². The lowest BCUT2D eigenvalue weighted by atomic mass is 10.0. The van der Waals surface area contributed by atoms with E-state index in [4.69, 9.17) is 14.2 Å². The highest BCUT2D eigenvalue weighted by molar-refractivity contribution is 6.23. The summed E-state index contributed by atoms with van der Waals surface area (Å²) in [5.74, 6) is 0.554. The van der Waals surface area contributed by atoms with Crippen molar-refractivity contribution in [2.45, 2.75) is 27.4 Å². The molecular weight excluding hydrogens is 454 g/mol. The first-order valence-electron chi connectivity index (χ1n) is 12.0. The van der Waals surface area contributed by atoms with Crippen molar-refractivity contribution in [3.8, 4) is 11.5 Å². The van der Waals surface area contributed by atoms with Gasteiger partial charge in [-0.05, 0) is 74.4 Å². The SMILES string of the molecule is CCOC(=O)C1=C(C)N(c2ccc(OCC)cc2)C(=O)/C1=C\c1cccc(OCc2ccccc2)c1. The lowest BCUT2D eigenvalue weighted by molar-refractivity contribution is -0.138. The average molecular weight is 484 g/mol. The lowest BCUT2D eigenvalue weighted by Gasteiger charge is -2.18. The third-order valence-corrected chi connectivity index (χ3v) is 5.70. The Balaban J connectivity index is 1.65. The van der Waals surface area contributed by atoms with E-state index in [1.165, 1.54) is 4.90 Å². The van der Waals surface area contributed by atoms with Crippen LogP contribution in [0, 0.1) is 0 Å². The molecule has 0 atom stereocenters. The second-order valence-corrected chi connectivity index (χ2v) is 8.15. The number of ether oxygens (including phenoxy) is 3. The van der Waals surface area contributed by atoms with Crippen molar-refractivity contribution in [3.63, 3.8) is 0 Å². The summed E-state index contributed by atoms with van der Waals surface area (Å²) in [5.41, 5.74) is 3.50. The summed E-state index contributed by atoms with van der Waals surface area (Å²) < 4.78 is 16.8. The number of amides is 1. The number of carbonyl (C=O) groups is 2. The second kappa shape index (κ2) is 11.4. The van der Waals surface area contributed by atoms with E-state index in [9.17, 15) is 9.59 Å². The maximum atomic E-state index is 13.6. The van der Waals surface area contributed by atoms with Crippen LogP contribution in [-0.4, -0.2) is 25.1 Å². The van der Waals surface area contributed by atoms with E-state index in [2.05, 4.69) is 0 Å². The first-order chi connectivity index (χ1) is 17.5. The molecule has 0 unspecified atom stereocenters. The third kappa shape index (κ3) is 5.49. The summed E-state index contributed by atoms with van der Waals surface area (Å²) in [5, 5.41) is 0. The zero-order chi connectivity index (χ0) is 25.5.